The summed E-state index contributed by atoms with van der Waals surface area (Å²) < 4.78 is 30.5. The predicted octanol–water partition coefficient (Wildman–Crippen LogP) is 5.15. The van der Waals surface area contributed by atoms with Crippen LogP contribution in [0, 0.1) is 5.82 Å². The van der Waals surface area contributed by atoms with Gasteiger partial charge in [-0.15, -0.1) is 10.2 Å². The highest BCUT2D eigenvalue weighted by atomic mass is 32.2. The van der Waals surface area contributed by atoms with Crippen LogP contribution in [0.3, 0.4) is 0 Å². The number of benzene rings is 3. The Kier molecular flexibility index (Phi) is 7.82. The fourth-order valence-corrected chi connectivity index (χ4v) is 6.58. The number of amides is 1. The van der Waals surface area contributed by atoms with E-state index >= 15 is 0 Å². The SMILES string of the molecule is COC(=O)c1ccc([C@H]2/C(=C(\O)c3ccc4c(c3)OCCO4)C(=O)C(=O)N2c2nnc(SCc3ccccc3F)s2)cc1. The van der Waals surface area contributed by atoms with E-state index in [0.717, 1.165) is 11.3 Å². The van der Waals surface area contributed by atoms with Crippen molar-refractivity contribution in [1.29, 1.82) is 0 Å². The van der Waals surface area contributed by atoms with Crippen molar-refractivity contribution in [2.24, 2.45) is 0 Å². The molecule has 2 aliphatic heterocycles. The van der Waals surface area contributed by atoms with Gasteiger partial charge in [0.2, 0.25) is 5.13 Å². The van der Waals surface area contributed by atoms with E-state index in [-0.39, 0.29) is 33.4 Å². The summed E-state index contributed by atoms with van der Waals surface area (Å²) in [6.45, 7) is 0.704. The molecule has 1 atom stereocenters. The van der Waals surface area contributed by atoms with Gasteiger partial charge in [0.15, 0.2) is 15.8 Å². The van der Waals surface area contributed by atoms with Crippen molar-refractivity contribution in [3.05, 3.63) is 100 Å². The molecule has 13 heteroatoms. The first kappa shape index (κ1) is 28.4. The number of fused-ring (bicyclic) bond motifs is 1. The molecule has 3 heterocycles. The third-order valence-corrected chi connectivity index (χ3v) is 8.92. The minimum absolute atomic E-state index is 0.112. The molecule has 0 unspecified atom stereocenters. The molecule has 218 valence electrons. The number of carbonyl (C=O) groups is 3. The number of ether oxygens (including phenoxy) is 3. The zero-order valence-corrected chi connectivity index (χ0v) is 24.1. The van der Waals surface area contributed by atoms with E-state index in [9.17, 15) is 23.9 Å². The maximum atomic E-state index is 14.1. The van der Waals surface area contributed by atoms with Crippen LogP contribution in [0.15, 0.2) is 76.6 Å². The van der Waals surface area contributed by atoms with Crippen LogP contribution in [0.5, 0.6) is 11.5 Å². The lowest BCUT2D eigenvalue weighted by Crippen LogP contribution is -2.29. The smallest absolute Gasteiger partial charge is 0.337 e. The van der Waals surface area contributed by atoms with Gasteiger partial charge in [-0.1, -0.05) is 53.4 Å². The average molecular weight is 620 g/mol. The highest BCUT2D eigenvalue weighted by Gasteiger charge is 2.48. The van der Waals surface area contributed by atoms with Gasteiger partial charge >= 0.3 is 11.9 Å². The van der Waals surface area contributed by atoms with Crippen molar-refractivity contribution in [2.45, 2.75) is 16.1 Å². The fourth-order valence-electron chi connectivity index (χ4n) is 4.72. The topological polar surface area (TPSA) is 128 Å². The Bertz CT molecular complexity index is 1770. The van der Waals surface area contributed by atoms with E-state index in [1.807, 2.05) is 0 Å². The van der Waals surface area contributed by atoms with Crippen LogP contribution >= 0.6 is 23.1 Å². The van der Waals surface area contributed by atoms with Crippen molar-refractivity contribution < 1.29 is 38.1 Å². The van der Waals surface area contributed by atoms with Crippen LogP contribution in [0.4, 0.5) is 9.52 Å². The Hall–Kier alpha value is -4.75. The molecule has 0 bridgehead atoms. The van der Waals surface area contributed by atoms with E-state index < -0.39 is 29.5 Å². The minimum Gasteiger partial charge on any atom is -0.507 e. The Morgan fingerprint density at radius 3 is 2.51 bits per heavy atom. The van der Waals surface area contributed by atoms with Gasteiger partial charge in [-0.3, -0.25) is 14.5 Å². The van der Waals surface area contributed by atoms with Crippen molar-refractivity contribution in [3.8, 4) is 11.5 Å². The number of aromatic nitrogens is 2. The lowest BCUT2D eigenvalue weighted by Gasteiger charge is -2.23. The normalized spacial score (nSPS) is 17.3. The van der Waals surface area contributed by atoms with Crippen LogP contribution in [-0.4, -0.2) is 53.3 Å². The molecule has 3 aromatic carbocycles. The number of anilines is 1. The van der Waals surface area contributed by atoms with E-state index in [1.54, 1.807) is 42.5 Å². The molecular formula is C30H22FN3O7S2. The highest BCUT2D eigenvalue weighted by molar-refractivity contribution is 8.00. The lowest BCUT2D eigenvalue weighted by atomic mass is 9.94. The molecule has 1 fully saturated rings. The zero-order chi connectivity index (χ0) is 30.1. The second-order valence-corrected chi connectivity index (χ2v) is 11.6. The summed E-state index contributed by atoms with van der Waals surface area (Å²) in [6.07, 6.45) is 0. The van der Waals surface area contributed by atoms with Crippen molar-refractivity contribution >= 4 is 51.6 Å². The first-order valence-electron chi connectivity index (χ1n) is 12.9. The molecule has 2 aliphatic rings. The number of aliphatic hydroxyl groups is 1. The number of halogens is 1. The molecule has 1 saturated heterocycles. The Morgan fingerprint density at radius 1 is 1.05 bits per heavy atom. The number of hydrogen-bond acceptors (Lipinski definition) is 11. The monoisotopic (exact) mass is 619 g/mol. The molecule has 10 nitrogen and oxygen atoms in total. The first-order chi connectivity index (χ1) is 20.9. The van der Waals surface area contributed by atoms with Crippen LogP contribution in [0.1, 0.15) is 33.1 Å². The number of nitrogens with zero attached hydrogens (tertiary/aromatic N) is 3. The number of thioether (sulfide) groups is 1. The Labute approximate surface area is 252 Å². The van der Waals surface area contributed by atoms with E-state index in [0.29, 0.717) is 40.2 Å². The van der Waals surface area contributed by atoms with Crippen molar-refractivity contribution in [3.63, 3.8) is 0 Å². The van der Waals surface area contributed by atoms with E-state index in [4.69, 9.17) is 14.2 Å². The van der Waals surface area contributed by atoms with Gasteiger partial charge in [0.1, 0.15) is 24.8 Å². The average Bonchev–Trinajstić information content (AvgIpc) is 3.61. The molecule has 43 heavy (non-hydrogen) atoms. The molecule has 0 aliphatic carbocycles. The van der Waals surface area contributed by atoms with Crippen LogP contribution in [0.25, 0.3) is 5.76 Å². The van der Waals surface area contributed by atoms with Crippen molar-refractivity contribution in [1.82, 2.24) is 10.2 Å². The first-order valence-corrected chi connectivity index (χ1v) is 14.7. The minimum atomic E-state index is -1.10. The number of aliphatic hydroxyl groups excluding tert-OH is 1. The highest BCUT2D eigenvalue weighted by Crippen LogP contribution is 2.45. The second-order valence-electron chi connectivity index (χ2n) is 9.37. The molecule has 0 saturated carbocycles. The quantitative estimate of drug-likeness (QED) is 0.0741. The standard InChI is InChI=1S/C30H22FN3O7S2/c1-39-28(38)17-8-6-16(7-9-17)24-23(25(35)18-10-11-21-22(14-18)41-13-12-40-21)26(36)27(37)34(24)29-32-33-30(43-29)42-15-19-4-2-3-5-20(19)31/h2-11,14,24,35H,12-13,15H2,1H3/b25-23+/t24-/m0/s1. The van der Waals surface area contributed by atoms with E-state index in [2.05, 4.69) is 10.2 Å². The van der Waals surface area contributed by atoms with E-state index in [1.165, 1.54) is 48.0 Å². The molecule has 6 rings (SSSR count). The van der Waals surface area contributed by atoms with Crippen molar-refractivity contribution in [2.75, 3.05) is 25.2 Å². The summed E-state index contributed by atoms with van der Waals surface area (Å²) in [4.78, 5) is 40.3. The number of rotatable bonds is 7. The number of esters is 1. The Morgan fingerprint density at radius 2 is 1.77 bits per heavy atom. The molecule has 1 aromatic heterocycles. The lowest BCUT2D eigenvalue weighted by molar-refractivity contribution is -0.132. The third kappa shape index (κ3) is 5.44. The van der Waals surface area contributed by atoms with Gasteiger partial charge in [-0.05, 0) is 47.5 Å². The third-order valence-electron chi connectivity index (χ3n) is 6.82. The number of carbonyl (C=O) groups excluding carboxylic acids is 3. The second kappa shape index (κ2) is 11.9. The summed E-state index contributed by atoms with van der Waals surface area (Å²) in [7, 11) is 1.26. The maximum Gasteiger partial charge on any atom is 0.337 e. The summed E-state index contributed by atoms with van der Waals surface area (Å²) in [5, 5.41) is 19.9. The summed E-state index contributed by atoms with van der Waals surface area (Å²) in [5.74, 6) is -2.00. The number of ketones is 1. The van der Waals surface area contributed by atoms with Gasteiger partial charge in [0, 0.05) is 11.3 Å². The summed E-state index contributed by atoms with van der Waals surface area (Å²) >= 11 is 2.29. The van der Waals surface area contributed by atoms with Gasteiger partial charge in [-0.25, -0.2) is 9.18 Å². The summed E-state index contributed by atoms with van der Waals surface area (Å²) in [5.41, 5.74) is 1.24. The zero-order valence-electron chi connectivity index (χ0n) is 22.5. The molecular weight excluding hydrogens is 597 g/mol. The van der Waals surface area contributed by atoms with Crippen LogP contribution in [0.2, 0.25) is 0 Å². The van der Waals surface area contributed by atoms with Gasteiger partial charge in [0.05, 0.1) is 24.3 Å². The molecule has 0 spiro atoms. The van der Waals surface area contributed by atoms with Gasteiger partial charge in [0.25, 0.3) is 5.78 Å². The number of hydrogen-bond donors (Lipinski definition) is 1. The fraction of sp³-hybridized carbons (Fsp3) is 0.167. The number of methoxy groups -OCH3 is 1. The van der Waals surface area contributed by atoms with Gasteiger partial charge < -0.3 is 19.3 Å². The number of Topliss-reactive ketones (excluding diaryl/α,β-unsaturated/α-hetero) is 1. The maximum absolute atomic E-state index is 14.1. The molecule has 1 N–H and O–H groups in total. The van der Waals surface area contributed by atoms with Gasteiger partial charge in [-0.2, -0.15) is 0 Å². The largest absolute Gasteiger partial charge is 0.507 e. The molecule has 4 aromatic rings. The predicted molar refractivity (Wildman–Crippen MR) is 156 cm³/mol. The Balaban J connectivity index is 1.40. The summed E-state index contributed by atoms with van der Waals surface area (Å²) in [6, 6.07) is 16.1. The van der Waals surface area contributed by atoms with Crippen LogP contribution < -0.4 is 14.4 Å². The molecule has 0 radical (unpaired) electrons. The molecule has 1 amide bonds. The van der Waals surface area contributed by atoms with Crippen LogP contribution in [-0.2, 0) is 20.1 Å².